The van der Waals surface area contributed by atoms with E-state index in [0.29, 0.717) is 49.2 Å². The molecule has 6 heterocycles. The molecule has 0 aliphatic carbocycles. The molecule has 0 spiro atoms. The summed E-state index contributed by atoms with van der Waals surface area (Å²) < 4.78 is 25.3. The maximum atomic E-state index is 14.0. The number of carbonyl (C=O) groups is 4. The van der Waals surface area contributed by atoms with Crippen molar-refractivity contribution in [3.05, 3.63) is 52.1 Å². The van der Waals surface area contributed by atoms with Crippen LogP contribution in [0.25, 0.3) is 33.4 Å². The van der Waals surface area contributed by atoms with Gasteiger partial charge < -0.3 is 38.8 Å². The lowest BCUT2D eigenvalue weighted by atomic mass is 9.84. The maximum absolute atomic E-state index is 14.0. The van der Waals surface area contributed by atoms with Gasteiger partial charge in [-0.1, -0.05) is 19.9 Å². The van der Waals surface area contributed by atoms with Crippen molar-refractivity contribution < 1.29 is 43.2 Å². The number of aliphatic carboxylic acids is 1. The van der Waals surface area contributed by atoms with Gasteiger partial charge >= 0.3 is 18.0 Å². The number of nitrogens with one attached hydrogen (secondary N) is 2. The number of esters is 1. The first-order valence-electron chi connectivity index (χ1n) is 23.0. The molecule has 4 atom stereocenters. The van der Waals surface area contributed by atoms with Crippen LogP contribution in [0, 0.1) is 5.41 Å². The minimum absolute atomic E-state index is 0.0550. The van der Waals surface area contributed by atoms with Crippen molar-refractivity contribution in [1.29, 1.82) is 0 Å². The lowest BCUT2D eigenvalue weighted by Gasteiger charge is -2.44. The van der Waals surface area contributed by atoms with Crippen LogP contribution in [0.1, 0.15) is 90.6 Å². The van der Waals surface area contributed by atoms with Crippen LogP contribution in [0.15, 0.2) is 35.8 Å². The van der Waals surface area contributed by atoms with Gasteiger partial charge in [-0.3, -0.25) is 29.3 Å². The molecule has 3 aliphatic rings. The molecule has 7 rings (SSSR count). The van der Waals surface area contributed by atoms with Crippen molar-refractivity contribution in [3.8, 4) is 22.5 Å². The number of alkyl carbamates (subject to hydrolysis) is 1. The standard InChI is InChI=1S/C48H66N8O9S/c1-10-55-40-14-13-31(39-27-66-41(50-39)22-38(51-46(61)65-47(4,5)6)44(58)56-15-11-12-37(52-56)45(59)60)20-34(40)36(23-48(7,8)28-64-30(3)57)43(55)35-21-32(24-49-42(35)29(2)62-9)54-17-16-53-18-19-63-26-33(53)25-54/h13-14,20-21,24,27,29,33,37-38,52H,10-12,15-19,22-23,25-26,28H2,1-9H3,(H,51,61)(H,59,60)/t29-,33?,37?,38?/m0/s1. The van der Waals surface area contributed by atoms with E-state index in [9.17, 15) is 24.3 Å². The average molecular weight is 931 g/mol. The van der Waals surface area contributed by atoms with E-state index >= 15 is 0 Å². The average Bonchev–Trinajstić information content (AvgIpc) is 3.88. The van der Waals surface area contributed by atoms with Gasteiger partial charge in [0.15, 0.2) is 0 Å². The first-order valence-corrected chi connectivity index (χ1v) is 23.9. The number of methoxy groups -OCH3 is 1. The summed E-state index contributed by atoms with van der Waals surface area (Å²) in [7, 11) is 1.70. The molecule has 358 valence electrons. The van der Waals surface area contributed by atoms with Crippen molar-refractivity contribution in [3.63, 3.8) is 0 Å². The number of carbonyl (C=O) groups excluding carboxylic acids is 3. The van der Waals surface area contributed by atoms with E-state index in [-0.39, 0.29) is 31.6 Å². The highest BCUT2D eigenvalue weighted by atomic mass is 32.1. The highest BCUT2D eigenvalue weighted by Gasteiger charge is 2.35. The Hall–Kier alpha value is -5.14. The van der Waals surface area contributed by atoms with Crippen molar-refractivity contribution in [1.82, 2.24) is 35.2 Å². The number of fused-ring (bicyclic) bond motifs is 2. The third kappa shape index (κ3) is 11.3. The molecule has 3 saturated heterocycles. The predicted octanol–water partition coefficient (Wildman–Crippen LogP) is 6.22. The second kappa shape index (κ2) is 20.4. The van der Waals surface area contributed by atoms with Crippen molar-refractivity contribution in [2.45, 2.75) is 117 Å². The number of benzene rings is 1. The van der Waals surface area contributed by atoms with Gasteiger partial charge in [-0.2, -0.15) is 0 Å². The highest BCUT2D eigenvalue weighted by Crippen LogP contribution is 2.43. The Labute approximate surface area is 391 Å². The number of ether oxygens (including phenoxy) is 4. The number of rotatable bonds is 15. The number of amides is 2. The predicted molar refractivity (Wildman–Crippen MR) is 252 cm³/mol. The number of hydrogen-bond donors (Lipinski definition) is 3. The van der Waals surface area contributed by atoms with E-state index in [2.05, 4.69) is 70.1 Å². The summed E-state index contributed by atoms with van der Waals surface area (Å²) in [5.74, 6) is -1.87. The topological polar surface area (TPSA) is 190 Å². The zero-order valence-corrected chi connectivity index (χ0v) is 40.6. The minimum Gasteiger partial charge on any atom is -0.480 e. The Morgan fingerprint density at radius 3 is 2.59 bits per heavy atom. The van der Waals surface area contributed by atoms with Crippen LogP contribution in [0.5, 0.6) is 0 Å². The number of morpholine rings is 1. The Morgan fingerprint density at radius 2 is 1.88 bits per heavy atom. The molecule has 0 saturated carbocycles. The molecule has 3 unspecified atom stereocenters. The van der Waals surface area contributed by atoms with Gasteiger partial charge in [-0.25, -0.2) is 15.2 Å². The van der Waals surface area contributed by atoms with E-state index in [1.165, 1.54) is 23.3 Å². The van der Waals surface area contributed by atoms with E-state index in [0.717, 1.165) is 77.5 Å². The second-order valence-corrected chi connectivity index (χ2v) is 20.3. The number of aryl methyl sites for hydroxylation is 1. The summed E-state index contributed by atoms with van der Waals surface area (Å²) >= 11 is 1.37. The second-order valence-electron chi connectivity index (χ2n) is 19.3. The Morgan fingerprint density at radius 1 is 1.09 bits per heavy atom. The molecule has 3 aromatic heterocycles. The molecule has 3 aliphatic heterocycles. The van der Waals surface area contributed by atoms with Crippen LogP contribution in [0.3, 0.4) is 0 Å². The van der Waals surface area contributed by atoms with Crippen molar-refractivity contribution >= 4 is 51.9 Å². The first-order chi connectivity index (χ1) is 31.3. The quantitative estimate of drug-likeness (QED) is 0.114. The third-order valence-electron chi connectivity index (χ3n) is 12.5. The van der Waals surface area contributed by atoms with Crippen LogP contribution >= 0.6 is 11.3 Å². The number of carboxylic acid groups (broad SMARTS) is 1. The largest absolute Gasteiger partial charge is 0.480 e. The molecule has 3 fully saturated rings. The third-order valence-corrected chi connectivity index (χ3v) is 13.3. The van der Waals surface area contributed by atoms with E-state index < -0.39 is 41.1 Å². The van der Waals surface area contributed by atoms with Gasteiger partial charge in [0.2, 0.25) is 0 Å². The zero-order chi connectivity index (χ0) is 47.5. The number of hydrogen-bond acceptors (Lipinski definition) is 14. The smallest absolute Gasteiger partial charge is 0.408 e. The molecule has 66 heavy (non-hydrogen) atoms. The van der Waals surface area contributed by atoms with Crippen LogP contribution in [-0.4, -0.2) is 137 Å². The molecule has 3 N–H and O–H groups in total. The molecule has 18 heteroatoms. The summed E-state index contributed by atoms with van der Waals surface area (Å²) in [6.45, 7) is 21.3. The van der Waals surface area contributed by atoms with Crippen molar-refractivity contribution in [2.24, 2.45) is 5.41 Å². The molecular formula is C48H66N8O9S. The molecule has 0 bridgehead atoms. The fourth-order valence-corrected chi connectivity index (χ4v) is 9.99. The normalized spacial score (nSPS) is 19.3. The number of piperazine rings is 1. The molecule has 4 aromatic rings. The fraction of sp³-hybridized carbons (Fsp3) is 0.583. The lowest BCUT2D eigenvalue weighted by Crippen LogP contribution is -2.60. The van der Waals surface area contributed by atoms with Crippen LogP contribution in [0.2, 0.25) is 0 Å². The summed E-state index contributed by atoms with van der Waals surface area (Å²) in [5, 5.41) is 17.2. The summed E-state index contributed by atoms with van der Waals surface area (Å²) in [5.41, 5.74) is 9.08. The van der Waals surface area contributed by atoms with E-state index in [1.54, 1.807) is 27.9 Å². The number of anilines is 1. The first kappa shape index (κ1) is 48.8. The van der Waals surface area contributed by atoms with Crippen LogP contribution in [0.4, 0.5) is 10.5 Å². The zero-order valence-electron chi connectivity index (χ0n) is 39.8. The summed E-state index contributed by atoms with van der Waals surface area (Å²) in [4.78, 5) is 66.1. The Balaban J connectivity index is 1.29. The molecule has 17 nitrogen and oxygen atoms in total. The monoisotopic (exact) mass is 930 g/mol. The minimum atomic E-state index is -1.08. The maximum Gasteiger partial charge on any atom is 0.408 e. The number of hydrazine groups is 1. The number of nitrogens with zero attached hydrogens (tertiary/aromatic N) is 6. The molecule has 0 radical (unpaired) electrons. The van der Waals surface area contributed by atoms with Gasteiger partial charge in [-0.15, -0.1) is 11.3 Å². The van der Waals surface area contributed by atoms with E-state index in [1.807, 2.05) is 18.5 Å². The van der Waals surface area contributed by atoms with Gasteiger partial charge in [0.1, 0.15) is 17.7 Å². The lowest BCUT2D eigenvalue weighted by molar-refractivity contribution is -0.148. The molecule has 1 aromatic carbocycles. The number of carboxylic acids is 1. The van der Waals surface area contributed by atoms with Crippen molar-refractivity contribution in [2.75, 3.05) is 64.6 Å². The number of thiazole rings is 1. The summed E-state index contributed by atoms with van der Waals surface area (Å²) in [6.07, 6.45) is 2.39. The fourth-order valence-electron chi connectivity index (χ4n) is 9.14. The number of aromatic nitrogens is 3. The summed E-state index contributed by atoms with van der Waals surface area (Å²) in [6, 6.07) is 6.90. The highest BCUT2D eigenvalue weighted by molar-refractivity contribution is 7.10. The van der Waals surface area contributed by atoms with Crippen LogP contribution in [-0.2, 0) is 52.7 Å². The number of pyridine rings is 1. The SMILES string of the molecule is CCn1c(-c2cc(N3CCN4CCOCC4C3)cnc2[C@H](C)OC)c(CC(C)(C)COC(C)=O)c2cc(-c3csc(CC(NC(=O)OC(C)(C)C)C(=O)N4CCCC(C(=O)O)N4)n3)ccc21. The molecule has 2 amide bonds. The van der Waals surface area contributed by atoms with Gasteiger partial charge in [0.25, 0.3) is 5.91 Å². The van der Waals surface area contributed by atoms with Gasteiger partial charge in [0.05, 0.1) is 65.9 Å². The Kier molecular flexibility index (Phi) is 15.1. The Bertz CT molecular complexity index is 2410. The van der Waals surface area contributed by atoms with E-state index in [4.69, 9.17) is 28.9 Å². The molecular weight excluding hydrogens is 865 g/mol. The van der Waals surface area contributed by atoms with Crippen LogP contribution < -0.4 is 15.6 Å². The van der Waals surface area contributed by atoms with Gasteiger partial charge in [0, 0.05) is 92.5 Å². The van der Waals surface area contributed by atoms with Gasteiger partial charge in [-0.05, 0) is 77.6 Å².